The molecule has 2 aromatic carbocycles. The first kappa shape index (κ1) is 25.6. The zero-order valence-electron chi connectivity index (χ0n) is 21.8. The summed E-state index contributed by atoms with van der Waals surface area (Å²) >= 11 is 0. The van der Waals surface area contributed by atoms with Gasteiger partial charge in [-0.3, -0.25) is 4.79 Å². The van der Waals surface area contributed by atoms with Crippen molar-refractivity contribution in [1.29, 1.82) is 0 Å². The number of benzene rings is 2. The monoisotopic (exact) mass is 480 g/mol. The molecule has 5 heteroatoms. The van der Waals surface area contributed by atoms with Crippen LogP contribution in [0.15, 0.2) is 42.5 Å². The Hall–Kier alpha value is -2.53. The van der Waals surface area contributed by atoms with Crippen molar-refractivity contribution in [1.82, 2.24) is 0 Å². The molecule has 2 aliphatic heterocycles. The van der Waals surface area contributed by atoms with Crippen LogP contribution < -0.4 is 9.47 Å². The lowest BCUT2D eigenvalue weighted by atomic mass is 9.71. The minimum atomic E-state index is -0.443. The van der Waals surface area contributed by atoms with Gasteiger partial charge in [0.25, 0.3) is 0 Å². The Kier molecular flexibility index (Phi) is 8.05. The molecule has 0 bridgehead atoms. The van der Waals surface area contributed by atoms with E-state index < -0.39 is 5.60 Å². The molecule has 4 atom stereocenters. The number of ether oxygens (including phenoxy) is 4. The third-order valence-electron chi connectivity index (χ3n) is 7.58. The number of carbonyl (C=O) groups is 1. The van der Waals surface area contributed by atoms with Crippen molar-refractivity contribution >= 4 is 5.97 Å². The van der Waals surface area contributed by atoms with Crippen LogP contribution >= 0.6 is 0 Å². The smallest absolute Gasteiger partial charge is 0.311 e. The van der Waals surface area contributed by atoms with Gasteiger partial charge in [0.05, 0.1) is 31.8 Å². The van der Waals surface area contributed by atoms with Crippen molar-refractivity contribution in [3.8, 4) is 11.5 Å². The summed E-state index contributed by atoms with van der Waals surface area (Å²) in [7, 11) is 1.47. The number of carbonyl (C=O) groups excluding carboxylic acids is 1. The molecule has 190 valence electrons. The molecule has 0 radical (unpaired) electrons. The van der Waals surface area contributed by atoms with Gasteiger partial charge in [-0.25, -0.2) is 0 Å². The normalized spacial score (nSPS) is 24.6. The minimum absolute atomic E-state index is 0.0625. The van der Waals surface area contributed by atoms with Gasteiger partial charge < -0.3 is 18.9 Å². The lowest BCUT2D eigenvalue weighted by Gasteiger charge is -2.50. The van der Waals surface area contributed by atoms with Gasteiger partial charge in [-0.15, -0.1) is 0 Å². The quantitative estimate of drug-likeness (QED) is 0.385. The van der Waals surface area contributed by atoms with E-state index in [0.717, 1.165) is 54.7 Å². The van der Waals surface area contributed by atoms with Crippen LogP contribution in [0.5, 0.6) is 11.5 Å². The van der Waals surface area contributed by atoms with Crippen LogP contribution in [0.4, 0.5) is 0 Å². The number of methoxy groups -OCH3 is 1. The fourth-order valence-electron chi connectivity index (χ4n) is 5.65. The highest BCUT2D eigenvalue weighted by Crippen LogP contribution is 2.52. The van der Waals surface area contributed by atoms with Crippen molar-refractivity contribution in [3.63, 3.8) is 0 Å². The topological polar surface area (TPSA) is 54.0 Å². The van der Waals surface area contributed by atoms with Crippen molar-refractivity contribution in [2.45, 2.75) is 84.0 Å². The maximum Gasteiger partial charge on any atom is 0.311 e. The summed E-state index contributed by atoms with van der Waals surface area (Å²) in [5.41, 5.74) is 3.12. The minimum Gasteiger partial charge on any atom is -0.494 e. The molecule has 0 aromatic heterocycles. The van der Waals surface area contributed by atoms with E-state index in [1.807, 2.05) is 25.1 Å². The summed E-state index contributed by atoms with van der Waals surface area (Å²) in [5, 5.41) is 0. The molecule has 1 fully saturated rings. The van der Waals surface area contributed by atoms with Crippen molar-refractivity contribution in [3.05, 3.63) is 59.2 Å². The Morgan fingerprint density at radius 2 is 1.91 bits per heavy atom. The summed E-state index contributed by atoms with van der Waals surface area (Å²) in [6, 6.07) is 14.7. The highest BCUT2D eigenvalue weighted by Gasteiger charge is 2.52. The van der Waals surface area contributed by atoms with E-state index in [0.29, 0.717) is 13.0 Å². The Bertz CT molecular complexity index is 1010. The highest BCUT2D eigenvalue weighted by atomic mass is 16.5. The number of fused-ring (bicyclic) bond motifs is 3. The fourth-order valence-corrected chi connectivity index (χ4v) is 5.65. The summed E-state index contributed by atoms with van der Waals surface area (Å²) in [6.07, 6.45) is 5.20. The molecule has 35 heavy (non-hydrogen) atoms. The molecular formula is C30H40O5. The Morgan fingerprint density at radius 3 is 2.66 bits per heavy atom. The van der Waals surface area contributed by atoms with Crippen LogP contribution in [0.2, 0.25) is 0 Å². The zero-order chi connectivity index (χ0) is 25.0. The SMILES string of the molecule is CCCCc1ccc2c(c1)[C@@H]1O[C@H](CCc3ccccc3OCC)[C@H](C(=O)OC)C[C@H]1C(C)(C)O2. The molecule has 0 unspecified atom stereocenters. The van der Waals surface area contributed by atoms with Gasteiger partial charge in [-0.05, 0) is 82.2 Å². The first-order chi connectivity index (χ1) is 16.9. The van der Waals surface area contributed by atoms with E-state index in [-0.39, 0.29) is 30.0 Å². The summed E-state index contributed by atoms with van der Waals surface area (Å²) in [4.78, 5) is 12.9. The van der Waals surface area contributed by atoms with E-state index in [1.54, 1.807) is 0 Å². The lowest BCUT2D eigenvalue weighted by Crippen LogP contribution is -2.52. The average Bonchev–Trinajstić information content (AvgIpc) is 2.86. The molecule has 5 nitrogen and oxygen atoms in total. The van der Waals surface area contributed by atoms with Crippen molar-refractivity contribution in [2.75, 3.05) is 13.7 Å². The fraction of sp³-hybridized carbons (Fsp3) is 0.567. The number of para-hydroxylation sites is 1. The number of aryl methyl sites for hydroxylation is 2. The second-order valence-corrected chi connectivity index (χ2v) is 10.3. The van der Waals surface area contributed by atoms with Crippen LogP contribution in [0.25, 0.3) is 0 Å². The Balaban J connectivity index is 1.63. The van der Waals surface area contributed by atoms with Gasteiger partial charge in [-0.1, -0.05) is 37.6 Å². The largest absolute Gasteiger partial charge is 0.494 e. The summed E-state index contributed by atoms with van der Waals surface area (Å²) < 4.78 is 24.4. The molecule has 0 aliphatic carbocycles. The number of esters is 1. The van der Waals surface area contributed by atoms with Crippen LogP contribution in [-0.4, -0.2) is 31.4 Å². The molecule has 2 aromatic rings. The number of hydrogen-bond acceptors (Lipinski definition) is 5. The van der Waals surface area contributed by atoms with Gasteiger partial charge in [-0.2, -0.15) is 0 Å². The van der Waals surface area contributed by atoms with Gasteiger partial charge in [0.15, 0.2) is 0 Å². The predicted molar refractivity (Wildman–Crippen MR) is 137 cm³/mol. The van der Waals surface area contributed by atoms with Gasteiger partial charge in [0.2, 0.25) is 0 Å². The summed E-state index contributed by atoms with van der Waals surface area (Å²) in [6.45, 7) is 9.04. The average molecular weight is 481 g/mol. The molecule has 0 saturated carbocycles. The predicted octanol–water partition coefficient (Wildman–Crippen LogP) is 6.47. The second-order valence-electron chi connectivity index (χ2n) is 10.3. The maximum absolute atomic E-state index is 12.9. The summed E-state index contributed by atoms with van der Waals surface area (Å²) in [5.74, 6) is 1.33. The van der Waals surface area contributed by atoms with E-state index in [2.05, 4.69) is 45.0 Å². The molecule has 2 heterocycles. The standard InChI is InChI=1S/C30H40O5/c1-6-8-11-20-14-16-27-22(18-20)28-24(30(3,4)35-27)19-23(29(31)32-5)26(34-28)17-15-21-12-9-10-13-25(21)33-7-2/h9-10,12-14,16,18,23-24,26,28H,6-8,11,15,17,19H2,1-5H3/t23-,24-,26-,28+/m1/s1. The Labute approximate surface area is 210 Å². The highest BCUT2D eigenvalue weighted by molar-refractivity contribution is 5.73. The molecular weight excluding hydrogens is 440 g/mol. The van der Waals surface area contributed by atoms with Crippen molar-refractivity contribution in [2.24, 2.45) is 11.8 Å². The van der Waals surface area contributed by atoms with Gasteiger partial charge >= 0.3 is 5.97 Å². The number of hydrogen-bond donors (Lipinski definition) is 0. The molecule has 1 saturated heterocycles. The van der Waals surface area contributed by atoms with Crippen LogP contribution in [-0.2, 0) is 27.1 Å². The Morgan fingerprint density at radius 1 is 1.11 bits per heavy atom. The molecule has 0 amide bonds. The second kappa shape index (κ2) is 11.0. The van der Waals surface area contributed by atoms with E-state index in [4.69, 9.17) is 18.9 Å². The van der Waals surface area contributed by atoms with E-state index in [1.165, 1.54) is 12.7 Å². The lowest BCUT2D eigenvalue weighted by molar-refractivity contribution is -0.190. The van der Waals surface area contributed by atoms with Crippen LogP contribution in [0.1, 0.15) is 76.2 Å². The third kappa shape index (κ3) is 5.50. The number of rotatable bonds is 9. The molecule has 4 rings (SSSR count). The zero-order valence-corrected chi connectivity index (χ0v) is 21.8. The van der Waals surface area contributed by atoms with Crippen LogP contribution in [0.3, 0.4) is 0 Å². The first-order valence-corrected chi connectivity index (χ1v) is 13.1. The number of unbranched alkanes of at least 4 members (excludes halogenated alkanes) is 1. The molecule has 2 aliphatic rings. The van der Waals surface area contributed by atoms with E-state index >= 15 is 0 Å². The third-order valence-corrected chi connectivity index (χ3v) is 7.58. The molecule has 0 N–H and O–H groups in total. The molecule has 0 spiro atoms. The first-order valence-electron chi connectivity index (χ1n) is 13.1. The van der Waals surface area contributed by atoms with Crippen LogP contribution in [0, 0.1) is 11.8 Å². The van der Waals surface area contributed by atoms with Gasteiger partial charge in [0, 0.05) is 11.5 Å². The maximum atomic E-state index is 12.9. The van der Waals surface area contributed by atoms with Crippen molar-refractivity contribution < 1.29 is 23.7 Å². The van der Waals surface area contributed by atoms with E-state index in [9.17, 15) is 4.79 Å². The van der Waals surface area contributed by atoms with Gasteiger partial charge in [0.1, 0.15) is 17.1 Å².